The smallest absolute Gasteiger partial charge is 0.147 e. The van der Waals surface area contributed by atoms with Crippen LogP contribution in [0.4, 0.5) is 11.5 Å². The fraction of sp³-hybridized carbons (Fsp3) is 0.786. The van der Waals surface area contributed by atoms with E-state index in [9.17, 15) is 0 Å². The van der Waals surface area contributed by atoms with Crippen molar-refractivity contribution in [2.45, 2.75) is 39.0 Å². The quantitative estimate of drug-likeness (QED) is 0.855. The van der Waals surface area contributed by atoms with E-state index in [0.29, 0.717) is 5.92 Å². The molecule has 1 aliphatic heterocycles. The van der Waals surface area contributed by atoms with E-state index in [1.165, 1.54) is 32.4 Å². The standard InChI is InChI=1S/C14H27N5/c1-11(2)13-12(15)14(18(3)17-13)16-7-10-19-8-5-4-6-9-19/h11,16H,4-10,15H2,1-3H3. The fourth-order valence-corrected chi connectivity index (χ4v) is 2.71. The molecule has 19 heavy (non-hydrogen) atoms. The molecule has 0 aromatic carbocycles. The Hall–Kier alpha value is -1.23. The molecule has 1 aliphatic rings. The Kier molecular flexibility index (Phi) is 4.69. The summed E-state index contributed by atoms with van der Waals surface area (Å²) in [6.07, 6.45) is 4.06. The van der Waals surface area contributed by atoms with Gasteiger partial charge in [-0.15, -0.1) is 0 Å². The van der Waals surface area contributed by atoms with Gasteiger partial charge >= 0.3 is 0 Å². The van der Waals surface area contributed by atoms with E-state index in [1.807, 2.05) is 11.7 Å². The van der Waals surface area contributed by atoms with Gasteiger partial charge in [0.1, 0.15) is 5.82 Å². The van der Waals surface area contributed by atoms with Crippen molar-refractivity contribution in [3.05, 3.63) is 5.69 Å². The Balaban J connectivity index is 1.88. The van der Waals surface area contributed by atoms with Crippen molar-refractivity contribution in [2.24, 2.45) is 7.05 Å². The van der Waals surface area contributed by atoms with Crippen molar-refractivity contribution < 1.29 is 0 Å². The average molecular weight is 265 g/mol. The monoisotopic (exact) mass is 265 g/mol. The number of nitrogen functional groups attached to an aromatic ring is 1. The molecule has 0 saturated carbocycles. The predicted octanol–water partition coefficient (Wildman–Crippen LogP) is 2.02. The summed E-state index contributed by atoms with van der Waals surface area (Å²) in [5.74, 6) is 1.32. The van der Waals surface area contributed by atoms with Gasteiger partial charge in [-0.05, 0) is 31.8 Å². The van der Waals surface area contributed by atoms with Crippen molar-refractivity contribution in [2.75, 3.05) is 37.2 Å². The zero-order valence-electron chi connectivity index (χ0n) is 12.4. The summed E-state index contributed by atoms with van der Waals surface area (Å²) in [7, 11) is 1.95. The maximum Gasteiger partial charge on any atom is 0.147 e. The van der Waals surface area contributed by atoms with Crippen LogP contribution in [0.25, 0.3) is 0 Å². The highest BCUT2D eigenvalue weighted by Gasteiger charge is 2.16. The number of aryl methyl sites for hydroxylation is 1. The topological polar surface area (TPSA) is 59.1 Å². The Bertz CT molecular complexity index is 404. The van der Waals surface area contributed by atoms with Crippen LogP contribution in [-0.4, -0.2) is 40.9 Å². The third-order valence-corrected chi connectivity index (χ3v) is 3.83. The molecule has 2 rings (SSSR count). The maximum atomic E-state index is 6.16. The average Bonchev–Trinajstić information content (AvgIpc) is 2.68. The lowest BCUT2D eigenvalue weighted by Gasteiger charge is -2.26. The first-order valence-corrected chi connectivity index (χ1v) is 7.38. The summed E-state index contributed by atoms with van der Waals surface area (Å²) in [6, 6.07) is 0. The molecule has 3 N–H and O–H groups in total. The normalized spacial score (nSPS) is 17.1. The van der Waals surface area contributed by atoms with Gasteiger partial charge in [-0.2, -0.15) is 5.10 Å². The van der Waals surface area contributed by atoms with Crippen LogP contribution in [0.5, 0.6) is 0 Å². The molecule has 1 fully saturated rings. The van der Waals surface area contributed by atoms with Gasteiger partial charge in [0, 0.05) is 20.1 Å². The summed E-state index contributed by atoms with van der Waals surface area (Å²) in [4.78, 5) is 2.52. The van der Waals surface area contributed by atoms with E-state index in [0.717, 1.165) is 30.3 Å². The van der Waals surface area contributed by atoms with Gasteiger partial charge in [0.15, 0.2) is 0 Å². The van der Waals surface area contributed by atoms with Crippen LogP contribution in [0.3, 0.4) is 0 Å². The molecule has 5 heteroatoms. The van der Waals surface area contributed by atoms with Crippen molar-refractivity contribution in [1.82, 2.24) is 14.7 Å². The molecule has 2 heterocycles. The summed E-state index contributed by atoms with van der Waals surface area (Å²) >= 11 is 0. The van der Waals surface area contributed by atoms with Gasteiger partial charge in [0.2, 0.25) is 0 Å². The van der Waals surface area contributed by atoms with Crippen LogP contribution in [0.1, 0.15) is 44.7 Å². The Morgan fingerprint density at radius 1 is 1.26 bits per heavy atom. The SMILES string of the molecule is CC(C)c1nn(C)c(NCCN2CCCCC2)c1N. The lowest BCUT2D eigenvalue weighted by molar-refractivity contribution is 0.237. The van der Waals surface area contributed by atoms with Gasteiger partial charge in [-0.25, -0.2) is 0 Å². The number of hydrogen-bond donors (Lipinski definition) is 2. The first-order chi connectivity index (χ1) is 9.09. The number of aromatic nitrogens is 2. The van der Waals surface area contributed by atoms with E-state index >= 15 is 0 Å². The largest absolute Gasteiger partial charge is 0.394 e. The number of nitrogens with one attached hydrogen (secondary N) is 1. The van der Waals surface area contributed by atoms with Crippen LogP contribution in [0.15, 0.2) is 0 Å². The number of nitrogens with zero attached hydrogens (tertiary/aromatic N) is 3. The lowest BCUT2D eigenvalue weighted by Crippen LogP contribution is -2.34. The first-order valence-electron chi connectivity index (χ1n) is 7.38. The molecule has 0 spiro atoms. The van der Waals surface area contributed by atoms with Crippen molar-refractivity contribution >= 4 is 11.5 Å². The van der Waals surface area contributed by atoms with E-state index in [4.69, 9.17) is 5.73 Å². The molecule has 1 aromatic rings. The number of piperidine rings is 1. The molecule has 5 nitrogen and oxygen atoms in total. The molecule has 0 amide bonds. The molecule has 0 atom stereocenters. The summed E-state index contributed by atoms with van der Waals surface area (Å²) in [5.41, 5.74) is 7.96. The van der Waals surface area contributed by atoms with E-state index in [-0.39, 0.29) is 0 Å². The highest BCUT2D eigenvalue weighted by Crippen LogP contribution is 2.27. The zero-order chi connectivity index (χ0) is 13.8. The number of hydrogen-bond acceptors (Lipinski definition) is 4. The molecule has 1 aromatic heterocycles. The first kappa shape index (κ1) is 14.2. The van der Waals surface area contributed by atoms with Crippen LogP contribution in [0.2, 0.25) is 0 Å². The lowest BCUT2D eigenvalue weighted by atomic mass is 10.1. The number of likely N-dealkylation sites (tertiary alicyclic amines) is 1. The molecule has 1 saturated heterocycles. The molecular formula is C14H27N5. The minimum Gasteiger partial charge on any atom is -0.394 e. The van der Waals surface area contributed by atoms with Gasteiger partial charge in [0.05, 0.1) is 11.4 Å². The fourth-order valence-electron chi connectivity index (χ4n) is 2.71. The molecule has 0 aliphatic carbocycles. The van der Waals surface area contributed by atoms with Crippen molar-refractivity contribution in [3.63, 3.8) is 0 Å². The third kappa shape index (κ3) is 3.41. The van der Waals surface area contributed by atoms with Crippen LogP contribution >= 0.6 is 0 Å². The summed E-state index contributed by atoms with van der Waals surface area (Å²) < 4.78 is 1.86. The molecular weight excluding hydrogens is 238 g/mol. The predicted molar refractivity (Wildman–Crippen MR) is 80.5 cm³/mol. The highest BCUT2D eigenvalue weighted by atomic mass is 15.3. The zero-order valence-corrected chi connectivity index (χ0v) is 12.4. The van der Waals surface area contributed by atoms with Crippen molar-refractivity contribution in [1.29, 1.82) is 0 Å². The molecule has 108 valence electrons. The molecule has 0 unspecified atom stereocenters. The maximum absolute atomic E-state index is 6.16. The molecule has 0 radical (unpaired) electrons. The van der Waals surface area contributed by atoms with E-state index < -0.39 is 0 Å². The Morgan fingerprint density at radius 3 is 2.53 bits per heavy atom. The number of nitrogens with two attached hydrogens (primary N) is 1. The third-order valence-electron chi connectivity index (χ3n) is 3.83. The highest BCUT2D eigenvalue weighted by molar-refractivity contribution is 5.65. The van der Waals surface area contributed by atoms with Crippen LogP contribution < -0.4 is 11.1 Å². The van der Waals surface area contributed by atoms with Crippen LogP contribution in [0, 0.1) is 0 Å². The minimum atomic E-state index is 0.365. The Labute approximate surface area is 116 Å². The van der Waals surface area contributed by atoms with Crippen molar-refractivity contribution in [3.8, 4) is 0 Å². The second-order valence-electron chi connectivity index (χ2n) is 5.75. The van der Waals surface area contributed by atoms with Gasteiger partial charge < -0.3 is 16.0 Å². The van der Waals surface area contributed by atoms with Crippen LogP contribution in [-0.2, 0) is 7.05 Å². The van der Waals surface area contributed by atoms with E-state index in [1.54, 1.807) is 0 Å². The number of rotatable bonds is 5. The van der Waals surface area contributed by atoms with Gasteiger partial charge in [-0.3, -0.25) is 4.68 Å². The van der Waals surface area contributed by atoms with Gasteiger partial charge in [0.25, 0.3) is 0 Å². The summed E-state index contributed by atoms with van der Waals surface area (Å²) in [6.45, 7) is 8.73. The Morgan fingerprint density at radius 2 is 1.95 bits per heavy atom. The second kappa shape index (κ2) is 6.28. The molecule has 0 bridgehead atoms. The van der Waals surface area contributed by atoms with Gasteiger partial charge in [-0.1, -0.05) is 20.3 Å². The second-order valence-corrected chi connectivity index (χ2v) is 5.75. The number of anilines is 2. The minimum absolute atomic E-state index is 0.365. The summed E-state index contributed by atoms with van der Waals surface area (Å²) in [5, 5.41) is 7.93. The van der Waals surface area contributed by atoms with E-state index in [2.05, 4.69) is 29.2 Å².